The van der Waals surface area contributed by atoms with Crippen LogP contribution >= 0.6 is 0 Å². The number of rotatable bonds is 1. The summed E-state index contributed by atoms with van der Waals surface area (Å²) in [5, 5.41) is 0. The molecular weight excluding hydrogens is 216 g/mol. The van der Waals surface area contributed by atoms with Crippen LogP contribution in [-0.4, -0.2) is 0 Å². The van der Waals surface area contributed by atoms with Crippen molar-refractivity contribution >= 4 is 0 Å². The monoisotopic (exact) mass is 234 g/mol. The Kier molecular flexibility index (Phi) is 2.59. The van der Waals surface area contributed by atoms with Crippen LogP contribution in [-0.2, 0) is 0 Å². The van der Waals surface area contributed by atoms with Gasteiger partial charge in [-0.1, -0.05) is 54.1 Å². The van der Waals surface area contributed by atoms with Crippen molar-refractivity contribution in [1.82, 2.24) is 0 Å². The zero-order chi connectivity index (χ0) is 12.7. The molecule has 1 aliphatic carbocycles. The zero-order valence-corrected chi connectivity index (χ0v) is 11.2. The van der Waals surface area contributed by atoms with Crippen molar-refractivity contribution < 1.29 is 0 Å². The second-order valence-electron chi connectivity index (χ2n) is 5.09. The fraction of sp³-hybridized carbons (Fsp3) is 0.222. The molecule has 0 aromatic heterocycles. The van der Waals surface area contributed by atoms with Gasteiger partial charge in [0.05, 0.1) is 0 Å². The summed E-state index contributed by atoms with van der Waals surface area (Å²) < 4.78 is 0. The molecule has 0 saturated heterocycles. The van der Waals surface area contributed by atoms with E-state index in [0.29, 0.717) is 5.92 Å². The normalized spacial score (nSPS) is 17.5. The Morgan fingerprint density at radius 2 is 1.72 bits per heavy atom. The third-order valence-electron chi connectivity index (χ3n) is 4.09. The first-order valence-electron chi connectivity index (χ1n) is 6.55. The van der Waals surface area contributed by atoms with Crippen molar-refractivity contribution in [2.75, 3.05) is 0 Å². The Morgan fingerprint density at radius 3 is 2.50 bits per heavy atom. The second kappa shape index (κ2) is 4.13. The molecule has 0 fully saturated rings. The summed E-state index contributed by atoms with van der Waals surface area (Å²) in [7, 11) is 0. The standard InChI is InChI=1S/C18H18/c1-4-12(2)17-15-10-6-5-9-14(15)16-11-7-8-13(3)18(16)17/h4-11,17H,1-3H3. The Labute approximate surface area is 109 Å². The van der Waals surface area contributed by atoms with Crippen molar-refractivity contribution in [2.45, 2.75) is 26.7 Å². The fourth-order valence-electron chi connectivity index (χ4n) is 3.09. The van der Waals surface area contributed by atoms with Crippen LogP contribution in [0.3, 0.4) is 0 Å². The summed E-state index contributed by atoms with van der Waals surface area (Å²) in [6, 6.07) is 15.4. The van der Waals surface area contributed by atoms with E-state index in [4.69, 9.17) is 0 Å². The van der Waals surface area contributed by atoms with Crippen LogP contribution < -0.4 is 0 Å². The highest BCUT2D eigenvalue weighted by Gasteiger charge is 2.30. The molecule has 2 aromatic carbocycles. The van der Waals surface area contributed by atoms with E-state index in [1.54, 1.807) is 0 Å². The van der Waals surface area contributed by atoms with E-state index in [-0.39, 0.29) is 0 Å². The molecule has 3 rings (SSSR count). The molecule has 1 aliphatic rings. The molecule has 2 aromatic rings. The van der Waals surface area contributed by atoms with Crippen LogP contribution in [0.4, 0.5) is 0 Å². The second-order valence-corrected chi connectivity index (χ2v) is 5.09. The van der Waals surface area contributed by atoms with E-state index in [0.717, 1.165) is 0 Å². The summed E-state index contributed by atoms with van der Waals surface area (Å²) in [5.74, 6) is 0.447. The van der Waals surface area contributed by atoms with E-state index >= 15 is 0 Å². The lowest BCUT2D eigenvalue weighted by atomic mass is 9.87. The lowest BCUT2D eigenvalue weighted by molar-refractivity contribution is 0.962. The molecule has 1 atom stereocenters. The minimum Gasteiger partial charge on any atom is -0.0878 e. The molecule has 0 nitrogen and oxygen atoms in total. The summed E-state index contributed by atoms with van der Waals surface area (Å²) in [5.41, 5.74) is 8.61. The van der Waals surface area contributed by atoms with Crippen LogP contribution in [0.5, 0.6) is 0 Å². The number of hydrogen-bond acceptors (Lipinski definition) is 0. The quantitative estimate of drug-likeness (QED) is 0.604. The topological polar surface area (TPSA) is 0 Å². The first-order valence-corrected chi connectivity index (χ1v) is 6.55. The van der Waals surface area contributed by atoms with E-state index < -0.39 is 0 Å². The van der Waals surface area contributed by atoms with Gasteiger partial charge in [-0.25, -0.2) is 0 Å². The predicted octanol–water partition coefficient (Wildman–Crippen LogP) is 5.07. The summed E-state index contributed by atoms with van der Waals surface area (Å²) in [6.07, 6.45) is 2.24. The molecule has 0 bridgehead atoms. The van der Waals surface area contributed by atoms with Gasteiger partial charge in [-0.15, -0.1) is 0 Å². The Balaban J connectivity index is 2.35. The lowest BCUT2D eigenvalue weighted by Gasteiger charge is -2.16. The third kappa shape index (κ3) is 1.45. The summed E-state index contributed by atoms with van der Waals surface area (Å²) in [6.45, 7) is 6.60. The molecule has 90 valence electrons. The molecule has 0 heteroatoms. The smallest absolute Gasteiger partial charge is 0.0311 e. The number of aryl methyl sites for hydroxylation is 1. The predicted molar refractivity (Wildman–Crippen MR) is 77.9 cm³/mol. The van der Waals surface area contributed by atoms with Gasteiger partial charge in [-0.05, 0) is 48.6 Å². The first kappa shape index (κ1) is 11.3. The van der Waals surface area contributed by atoms with Crippen molar-refractivity contribution in [3.63, 3.8) is 0 Å². The molecule has 0 amide bonds. The average molecular weight is 234 g/mol. The number of hydrogen-bond donors (Lipinski definition) is 0. The molecule has 18 heavy (non-hydrogen) atoms. The summed E-state index contributed by atoms with van der Waals surface area (Å²) in [4.78, 5) is 0. The van der Waals surface area contributed by atoms with Gasteiger partial charge in [-0.3, -0.25) is 0 Å². The Morgan fingerprint density at radius 1 is 1.00 bits per heavy atom. The maximum atomic E-state index is 2.27. The van der Waals surface area contributed by atoms with Crippen LogP contribution in [0.2, 0.25) is 0 Å². The molecule has 0 radical (unpaired) electrons. The fourth-order valence-corrected chi connectivity index (χ4v) is 3.09. The third-order valence-corrected chi connectivity index (χ3v) is 4.09. The van der Waals surface area contributed by atoms with Gasteiger partial charge in [0.25, 0.3) is 0 Å². The van der Waals surface area contributed by atoms with Crippen molar-refractivity contribution in [3.05, 3.63) is 70.8 Å². The van der Waals surface area contributed by atoms with E-state index in [1.165, 1.54) is 33.4 Å². The highest BCUT2D eigenvalue weighted by molar-refractivity contribution is 5.81. The largest absolute Gasteiger partial charge is 0.0878 e. The van der Waals surface area contributed by atoms with Gasteiger partial charge >= 0.3 is 0 Å². The van der Waals surface area contributed by atoms with Gasteiger partial charge in [-0.2, -0.15) is 0 Å². The molecule has 0 spiro atoms. The minimum atomic E-state index is 0.447. The Bertz CT molecular complexity index is 632. The highest BCUT2D eigenvalue weighted by atomic mass is 14.3. The molecule has 0 saturated carbocycles. The van der Waals surface area contributed by atoms with E-state index in [2.05, 4.69) is 69.3 Å². The van der Waals surface area contributed by atoms with Crippen LogP contribution in [0.25, 0.3) is 11.1 Å². The minimum absolute atomic E-state index is 0.447. The maximum Gasteiger partial charge on any atom is 0.0311 e. The van der Waals surface area contributed by atoms with Crippen LogP contribution in [0.1, 0.15) is 36.5 Å². The van der Waals surface area contributed by atoms with Gasteiger partial charge in [0.2, 0.25) is 0 Å². The maximum absolute atomic E-state index is 2.27. The molecule has 0 heterocycles. The van der Waals surface area contributed by atoms with Gasteiger partial charge in [0, 0.05) is 5.92 Å². The Hall–Kier alpha value is -1.82. The number of benzene rings is 2. The zero-order valence-electron chi connectivity index (χ0n) is 11.2. The molecule has 0 N–H and O–H groups in total. The van der Waals surface area contributed by atoms with Gasteiger partial charge in [0.1, 0.15) is 0 Å². The van der Waals surface area contributed by atoms with Crippen molar-refractivity contribution in [3.8, 4) is 11.1 Å². The molecule has 1 unspecified atom stereocenters. The van der Waals surface area contributed by atoms with Crippen molar-refractivity contribution in [2.24, 2.45) is 0 Å². The number of fused-ring (bicyclic) bond motifs is 3. The molecular formula is C18H18. The molecule has 0 aliphatic heterocycles. The van der Waals surface area contributed by atoms with Gasteiger partial charge in [0.15, 0.2) is 0 Å². The number of allylic oxidation sites excluding steroid dienone is 2. The van der Waals surface area contributed by atoms with Crippen LogP contribution in [0, 0.1) is 6.92 Å². The van der Waals surface area contributed by atoms with Crippen LogP contribution in [0.15, 0.2) is 54.1 Å². The SMILES string of the molecule is CC=C(C)C1c2ccccc2-c2cccc(C)c21. The summed E-state index contributed by atoms with van der Waals surface area (Å²) >= 11 is 0. The highest BCUT2D eigenvalue weighted by Crippen LogP contribution is 2.48. The van der Waals surface area contributed by atoms with Crippen molar-refractivity contribution in [1.29, 1.82) is 0 Å². The first-order chi connectivity index (χ1) is 8.74. The van der Waals surface area contributed by atoms with E-state index in [1.807, 2.05) is 0 Å². The average Bonchev–Trinajstić information content (AvgIpc) is 2.74. The van der Waals surface area contributed by atoms with Gasteiger partial charge < -0.3 is 0 Å². The lowest BCUT2D eigenvalue weighted by Crippen LogP contribution is -2.00. The van der Waals surface area contributed by atoms with E-state index in [9.17, 15) is 0 Å².